The van der Waals surface area contributed by atoms with Crippen LogP contribution in [0, 0.1) is 18.6 Å². The van der Waals surface area contributed by atoms with Gasteiger partial charge < -0.3 is 10.2 Å². The Morgan fingerprint density at radius 2 is 1.78 bits per heavy atom. The smallest absolute Gasteiger partial charge is 0.274 e. The molecule has 0 unspecified atom stereocenters. The molecule has 0 fully saturated rings. The number of nitrogens with one attached hydrogen (secondary N) is 1. The minimum Gasteiger partial charge on any atom is -0.341 e. The average molecular weight is 320 g/mol. The van der Waals surface area contributed by atoms with Crippen LogP contribution in [0.2, 0.25) is 0 Å². The van der Waals surface area contributed by atoms with Crippen molar-refractivity contribution >= 4 is 17.5 Å². The predicted octanol–water partition coefficient (Wildman–Crippen LogP) is 3.16. The van der Waals surface area contributed by atoms with Gasteiger partial charge in [-0.3, -0.25) is 4.79 Å². The Balaban J connectivity index is 2.32. The maximum atomic E-state index is 13.6. The van der Waals surface area contributed by atoms with Gasteiger partial charge in [-0.15, -0.1) is 0 Å². The van der Waals surface area contributed by atoms with Crippen LogP contribution in [0.4, 0.5) is 20.4 Å². The van der Waals surface area contributed by atoms with Gasteiger partial charge >= 0.3 is 0 Å². The number of halogens is 2. The normalized spacial score (nSPS) is 10.5. The molecule has 0 spiro atoms. The standard InChI is InChI=1S/C16H18F2N4O/c1-4-22(5-2)16-19-10(3)9-13(20-16)15(23)21-14-11(17)7-6-8-12(14)18/h6-9H,4-5H2,1-3H3,(H,21,23). The van der Waals surface area contributed by atoms with E-state index in [1.54, 1.807) is 6.92 Å². The van der Waals surface area contributed by atoms with Crippen molar-refractivity contribution in [3.63, 3.8) is 0 Å². The van der Waals surface area contributed by atoms with E-state index in [4.69, 9.17) is 0 Å². The SMILES string of the molecule is CCN(CC)c1nc(C)cc(C(=O)Nc2c(F)cccc2F)n1. The van der Waals surface area contributed by atoms with E-state index in [0.717, 1.165) is 12.1 Å². The van der Waals surface area contributed by atoms with Crippen LogP contribution in [0.1, 0.15) is 30.0 Å². The molecule has 1 aromatic heterocycles. The number of carbonyl (C=O) groups excluding carboxylic acids is 1. The first-order chi connectivity index (χ1) is 11.0. The Morgan fingerprint density at radius 1 is 1.17 bits per heavy atom. The van der Waals surface area contributed by atoms with Gasteiger partial charge in [-0.2, -0.15) is 0 Å². The van der Waals surface area contributed by atoms with Crippen molar-refractivity contribution in [3.05, 3.63) is 47.3 Å². The van der Waals surface area contributed by atoms with Crippen LogP contribution in [0.25, 0.3) is 0 Å². The van der Waals surface area contributed by atoms with Crippen molar-refractivity contribution in [1.29, 1.82) is 0 Å². The number of hydrogen-bond acceptors (Lipinski definition) is 4. The fourth-order valence-corrected chi connectivity index (χ4v) is 2.11. The van der Waals surface area contributed by atoms with Crippen LogP contribution in [-0.4, -0.2) is 29.0 Å². The van der Waals surface area contributed by atoms with E-state index in [1.807, 2.05) is 18.7 Å². The number of para-hydroxylation sites is 1. The summed E-state index contributed by atoms with van der Waals surface area (Å²) in [6, 6.07) is 4.85. The molecule has 0 aliphatic heterocycles. The molecule has 5 nitrogen and oxygen atoms in total. The van der Waals surface area contributed by atoms with Crippen LogP contribution in [0.5, 0.6) is 0 Å². The van der Waals surface area contributed by atoms with Crippen molar-refractivity contribution in [3.8, 4) is 0 Å². The van der Waals surface area contributed by atoms with Crippen molar-refractivity contribution in [2.24, 2.45) is 0 Å². The van der Waals surface area contributed by atoms with Gasteiger partial charge in [0.15, 0.2) is 0 Å². The minimum atomic E-state index is -0.840. The van der Waals surface area contributed by atoms with E-state index in [0.29, 0.717) is 24.7 Å². The van der Waals surface area contributed by atoms with E-state index < -0.39 is 23.2 Å². The quantitative estimate of drug-likeness (QED) is 0.919. The molecule has 1 heterocycles. The summed E-state index contributed by atoms with van der Waals surface area (Å²) in [4.78, 5) is 22.6. The lowest BCUT2D eigenvalue weighted by Gasteiger charge is -2.19. The van der Waals surface area contributed by atoms with Gasteiger partial charge in [0.1, 0.15) is 23.0 Å². The number of aromatic nitrogens is 2. The predicted molar refractivity (Wildman–Crippen MR) is 84.6 cm³/mol. The number of amides is 1. The molecule has 0 saturated heterocycles. The molecule has 0 saturated carbocycles. The maximum Gasteiger partial charge on any atom is 0.274 e. The molecule has 0 radical (unpaired) electrons. The van der Waals surface area contributed by atoms with Crippen molar-refractivity contribution in [2.75, 3.05) is 23.3 Å². The van der Waals surface area contributed by atoms with Crippen LogP contribution in [-0.2, 0) is 0 Å². The Hall–Kier alpha value is -2.57. The Bertz CT molecular complexity index is 697. The lowest BCUT2D eigenvalue weighted by atomic mass is 10.2. The Labute approximate surface area is 133 Å². The summed E-state index contributed by atoms with van der Waals surface area (Å²) >= 11 is 0. The third-order valence-electron chi connectivity index (χ3n) is 3.32. The number of carbonyl (C=O) groups is 1. The van der Waals surface area contributed by atoms with E-state index in [-0.39, 0.29) is 5.69 Å². The van der Waals surface area contributed by atoms with Gasteiger partial charge in [-0.1, -0.05) is 6.07 Å². The summed E-state index contributed by atoms with van der Waals surface area (Å²) in [5.41, 5.74) is 0.168. The van der Waals surface area contributed by atoms with Crippen LogP contribution in [0.15, 0.2) is 24.3 Å². The summed E-state index contributed by atoms with van der Waals surface area (Å²) < 4.78 is 27.3. The Morgan fingerprint density at radius 3 is 2.35 bits per heavy atom. The fourth-order valence-electron chi connectivity index (χ4n) is 2.11. The highest BCUT2D eigenvalue weighted by atomic mass is 19.1. The lowest BCUT2D eigenvalue weighted by Crippen LogP contribution is -2.26. The second-order valence-corrected chi connectivity index (χ2v) is 4.92. The number of anilines is 2. The zero-order chi connectivity index (χ0) is 17.0. The number of nitrogens with zero attached hydrogens (tertiary/aromatic N) is 3. The van der Waals surface area contributed by atoms with E-state index in [1.165, 1.54) is 12.1 Å². The van der Waals surface area contributed by atoms with Crippen LogP contribution >= 0.6 is 0 Å². The zero-order valence-electron chi connectivity index (χ0n) is 13.2. The molecule has 2 aromatic rings. The van der Waals surface area contributed by atoms with Crippen LogP contribution in [0.3, 0.4) is 0 Å². The topological polar surface area (TPSA) is 58.1 Å². The molecule has 0 aliphatic carbocycles. The number of hydrogen-bond donors (Lipinski definition) is 1. The monoisotopic (exact) mass is 320 g/mol. The molecule has 122 valence electrons. The summed E-state index contributed by atoms with van der Waals surface area (Å²) in [6.45, 7) is 6.99. The van der Waals surface area contributed by atoms with Gasteiger partial charge in [0.2, 0.25) is 5.95 Å². The molecule has 0 aliphatic rings. The third kappa shape index (κ3) is 3.80. The first-order valence-corrected chi connectivity index (χ1v) is 7.32. The van der Waals surface area contributed by atoms with Crippen molar-refractivity contribution in [1.82, 2.24) is 9.97 Å². The highest BCUT2D eigenvalue weighted by molar-refractivity contribution is 6.03. The van der Waals surface area contributed by atoms with Gasteiger partial charge in [0.25, 0.3) is 5.91 Å². The second kappa shape index (κ2) is 7.13. The van der Waals surface area contributed by atoms with Gasteiger partial charge in [-0.25, -0.2) is 18.7 Å². The largest absolute Gasteiger partial charge is 0.341 e. The minimum absolute atomic E-state index is 0.0575. The Kier molecular flexibility index (Phi) is 5.20. The number of rotatable bonds is 5. The molecular weight excluding hydrogens is 302 g/mol. The summed E-state index contributed by atoms with van der Waals surface area (Å²) in [6.07, 6.45) is 0. The van der Waals surface area contributed by atoms with Gasteiger partial charge in [0, 0.05) is 18.8 Å². The summed E-state index contributed by atoms with van der Waals surface area (Å²) in [5.74, 6) is -1.96. The molecule has 7 heteroatoms. The molecule has 1 aromatic carbocycles. The van der Waals surface area contributed by atoms with E-state index in [9.17, 15) is 13.6 Å². The maximum absolute atomic E-state index is 13.6. The second-order valence-electron chi connectivity index (χ2n) is 4.92. The van der Waals surface area contributed by atoms with E-state index in [2.05, 4.69) is 15.3 Å². The van der Waals surface area contributed by atoms with E-state index >= 15 is 0 Å². The molecule has 2 rings (SSSR count). The molecule has 23 heavy (non-hydrogen) atoms. The van der Waals surface area contributed by atoms with Crippen LogP contribution < -0.4 is 10.2 Å². The molecular formula is C16H18F2N4O. The first-order valence-electron chi connectivity index (χ1n) is 7.32. The van der Waals surface area contributed by atoms with Crippen molar-refractivity contribution in [2.45, 2.75) is 20.8 Å². The molecule has 1 amide bonds. The fraction of sp³-hybridized carbons (Fsp3) is 0.312. The van der Waals surface area contributed by atoms with Gasteiger partial charge in [0.05, 0.1) is 0 Å². The molecule has 1 N–H and O–H groups in total. The zero-order valence-corrected chi connectivity index (χ0v) is 13.2. The number of benzene rings is 1. The highest BCUT2D eigenvalue weighted by Gasteiger charge is 2.17. The first kappa shape index (κ1) is 16.8. The molecule has 0 atom stereocenters. The highest BCUT2D eigenvalue weighted by Crippen LogP contribution is 2.19. The average Bonchev–Trinajstić information content (AvgIpc) is 2.51. The van der Waals surface area contributed by atoms with Crippen molar-refractivity contribution < 1.29 is 13.6 Å². The summed E-state index contributed by atoms with van der Waals surface area (Å²) in [7, 11) is 0. The van der Waals surface area contributed by atoms with Gasteiger partial charge in [-0.05, 0) is 39.0 Å². The number of aryl methyl sites for hydroxylation is 1. The summed E-state index contributed by atoms with van der Waals surface area (Å²) in [5, 5.41) is 2.23. The lowest BCUT2D eigenvalue weighted by molar-refractivity contribution is 0.102. The third-order valence-corrected chi connectivity index (χ3v) is 3.32. The molecule has 0 bridgehead atoms.